The molecule has 1 atom stereocenters. The fourth-order valence-corrected chi connectivity index (χ4v) is 4.71. The summed E-state index contributed by atoms with van der Waals surface area (Å²) in [4.78, 5) is 2.57. The molecule has 0 radical (unpaired) electrons. The van der Waals surface area contributed by atoms with E-state index in [0.717, 1.165) is 0 Å². The standard InChI is InChI=1S/C26H21NS/c1-18(20-10-7-11-22(16-20)19-8-3-2-4-9-19)21-14-15-26-24(17-21)27-23-12-5-6-13-25(23)28-26/h2-18,27H,1H3. The predicted octanol–water partition coefficient (Wildman–Crippen LogP) is 7.71. The highest BCUT2D eigenvalue weighted by molar-refractivity contribution is 7.99. The predicted molar refractivity (Wildman–Crippen MR) is 120 cm³/mol. The monoisotopic (exact) mass is 379 g/mol. The van der Waals surface area contributed by atoms with Gasteiger partial charge in [-0.25, -0.2) is 0 Å². The van der Waals surface area contributed by atoms with Crippen molar-refractivity contribution in [2.75, 3.05) is 5.32 Å². The molecule has 1 nitrogen and oxygen atoms in total. The molecule has 136 valence electrons. The van der Waals surface area contributed by atoms with Crippen molar-refractivity contribution in [1.82, 2.24) is 0 Å². The Balaban J connectivity index is 1.46. The molecule has 1 aliphatic heterocycles. The van der Waals surface area contributed by atoms with E-state index in [1.807, 2.05) is 11.8 Å². The van der Waals surface area contributed by atoms with Gasteiger partial charge in [-0.1, -0.05) is 91.5 Å². The second-order valence-corrected chi connectivity index (χ2v) is 8.28. The average molecular weight is 380 g/mol. The smallest absolute Gasteiger partial charge is 0.0529 e. The van der Waals surface area contributed by atoms with Crippen LogP contribution in [0.3, 0.4) is 0 Å². The van der Waals surface area contributed by atoms with Crippen molar-refractivity contribution in [3.8, 4) is 11.1 Å². The molecule has 0 amide bonds. The van der Waals surface area contributed by atoms with E-state index < -0.39 is 0 Å². The largest absolute Gasteiger partial charge is 0.354 e. The van der Waals surface area contributed by atoms with Crippen molar-refractivity contribution >= 4 is 23.1 Å². The van der Waals surface area contributed by atoms with Crippen molar-refractivity contribution in [3.63, 3.8) is 0 Å². The first-order chi connectivity index (χ1) is 13.8. The molecule has 1 N–H and O–H groups in total. The third-order valence-corrected chi connectivity index (χ3v) is 6.53. The number of benzene rings is 4. The molecule has 0 bridgehead atoms. The van der Waals surface area contributed by atoms with Crippen molar-refractivity contribution in [3.05, 3.63) is 108 Å². The van der Waals surface area contributed by atoms with Gasteiger partial charge in [0.1, 0.15) is 0 Å². The lowest BCUT2D eigenvalue weighted by Gasteiger charge is -2.23. The molecule has 4 aromatic carbocycles. The Kier molecular flexibility index (Phi) is 4.42. The van der Waals surface area contributed by atoms with E-state index in [1.165, 1.54) is 43.4 Å². The fourth-order valence-electron chi connectivity index (χ4n) is 3.74. The van der Waals surface area contributed by atoms with Crippen molar-refractivity contribution in [2.45, 2.75) is 22.6 Å². The van der Waals surface area contributed by atoms with Crippen molar-refractivity contribution in [1.29, 1.82) is 0 Å². The maximum atomic E-state index is 3.60. The highest BCUT2D eigenvalue weighted by Crippen LogP contribution is 2.45. The van der Waals surface area contributed by atoms with Crippen molar-refractivity contribution < 1.29 is 0 Å². The third-order valence-electron chi connectivity index (χ3n) is 5.37. The Bertz CT molecular complexity index is 1130. The van der Waals surface area contributed by atoms with Gasteiger partial charge in [0.15, 0.2) is 0 Å². The molecule has 0 aromatic heterocycles. The molecule has 1 unspecified atom stereocenters. The van der Waals surface area contributed by atoms with Gasteiger partial charge >= 0.3 is 0 Å². The van der Waals surface area contributed by atoms with Gasteiger partial charge in [0, 0.05) is 15.7 Å². The lowest BCUT2D eigenvalue weighted by molar-refractivity contribution is 0.920. The van der Waals surface area contributed by atoms with Crippen LogP contribution in [0, 0.1) is 0 Å². The summed E-state index contributed by atoms with van der Waals surface area (Å²) in [6, 6.07) is 34.8. The zero-order valence-corrected chi connectivity index (χ0v) is 16.5. The molecule has 0 saturated heterocycles. The molecular formula is C26H21NS. The van der Waals surface area contributed by atoms with E-state index in [4.69, 9.17) is 0 Å². The van der Waals surface area contributed by atoms with E-state index in [2.05, 4.69) is 109 Å². The van der Waals surface area contributed by atoms with E-state index in [-0.39, 0.29) is 0 Å². The number of nitrogens with one attached hydrogen (secondary N) is 1. The topological polar surface area (TPSA) is 12.0 Å². The second-order valence-electron chi connectivity index (χ2n) is 7.19. The molecule has 0 fully saturated rings. The quantitative estimate of drug-likeness (QED) is 0.344. The normalized spacial score (nSPS) is 13.2. The number of hydrogen-bond donors (Lipinski definition) is 1. The minimum Gasteiger partial charge on any atom is -0.354 e. The first-order valence-electron chi connectivity index (χ1n) is 9.61. The third kappa shape index (κ3) is 3.21. The van der Waals surface area contributed by atoms with Crippen LogP contribution < -0.4 is 5.32 Å². The van der Waals surface area contributed by atoms with Crippen molar-refractivity contribution in [2.24, 2.45) is 0 Å². The van der Waals surface area contributed by atoms with Crippen LogP contribution in [0.25, 0.3) is 11.1 Å². The molecule has 0 aliphatic carbocycles. The van der Waals surface area contributed by atoms with E-state index in [0.29, 0.717) is 5.92 Å². The van der Waals surface area contributed by atoms with Gasteiger partial charge in [-0.2, -0.15) is 0 Å². The molecule has 0 saturated carbocycles. The molecule has 2 heteroatoms. The average Bonchev–Trinajstić information content (AvgIpc) is 2.77. The minimum atomic E-state index is 0.331. The summed E-state index contributed by atoms with van der Waals surface area (Å²) >= 11 is 1.84. The molecule has 28 heavy (non-hydrogen) atoms. The summed E-state index contributed by atoms with van der Waals surface area (Å²) in [5.41, 5.74) is 7.59. The first kappa shape index (κ1) is 17.2. The SMILES string of the molecule is CC(c1cccc(-c2ccccc2)c1)c1ccc2c(c1)Nc1ccccc1S2. The van der Waals surface area contributed by atoms with Crippen LogP contribution in [0.2, 0.25) is 0 Å². The van der Waals surface area contributed by atoms with Crippen LogP contribution in [-0.2, 0) is 0 Å². The number of rotatable bonds is 3. The Morgan fingerprint density at radius 3 is 2.21 bits per heavy atom. The Morgan fingerprint density at radius 1 is 0.607 bits per heavy atom. The van der Waals surface area contributed by atoms with E-state index >= 15 is 0 Å². The van der Waals surface area contributed by atoms with Crippen LogP contribution in [0.5, 0.6) is 0 Å². The molecule has 4 aromatic rings. The van der Waals surface area contributed by atoms with Crippen LogP contribution in [0.4, 0.5) is 11.4 Å². The first-order valence-corrected chi connectivity index (χ1v) is 10.4. The summed E-state index contributed by atoms with van der Waals surface area (Å²) in [5, 5.41) is 3.60. The Labute approximate surface area is 170 Å². The molecule has 1 aliphatic rings. The lowest BCUT2D eigenvalue weighted by Crippen LogP contribution is -2.02. The van der Waals surface area contributed by atoms with Gasteiger partial charge in [0.2, 0.25) is 0 Å². The number of hydrogen-bond acceptors (Lipinski definition) is 2. The highest BCUT2D eigenvalue weighted by Gasteiger charge is 2.17. The van der Waals surface area contributed by atoms with Crippen LogP contribution in [-0.4, -0.2) is 0 Å². The number of anilines is 2. The van der Waals surface area contributed by atoms with Crippen LogP contribution in [0.15, 0.2) is 107 Å². The Morgan fingerprint density at radius 2 is 1.32 bits per heavy atom. The van der Waals surface area contributed by atoms with Gasteiger partial charge in [-0.05, 0) is 46.5 Å². The molecule has 0 spiro atoms. The molecular weight excluding hydrogens is 358 g/mol. The summed E-state index contributed by atoms with van der Waals surface area (Å²) in [6.07, 6.45) is 0. The second kappa shape index (κ2) is 7.21. The summed E-state index contributed by atoms with van der Waals surface area (Å²) in [6.45, 7) is 2.29. The van der Waals surface area contributed by atoms with Crippen LogP contribution >= 0.6 is 11.8 Å². The van der Waals surface area contributed by atoms with Gasteiger partial charge in [-0.15, -0.1) is 0 Å². The van der Waals surface area contributed by atoms with Gasteiger partial charge < -0.3 is 5.32 Å². The zero-order chi connectivity index (χ0) is 18.9. The van der Waals surface area contributed by atoms with Gasteiger partial charge in [0.25, 0.3) is 0 Å². The molecule has 5 rings (SSSR count). The summed E-state index contributed by atoms with van der Waals surface area (Å²) < 4.78 is 0. The summed E-state index contributed by atoms with van der Waals surface area (Å²) in [5.74, 6) is 0.331. The van der Waals surface area contributed by atoms with E-state index in [9.17, 15) is 0 Å². The van der Waals surface area contributed by atoms with Gasteiger partial charge in [-0.3, -0.25) is 0 Å². The zero-order valence-electron chi connectivity index (χ0n) is 15.7. The highest BCUT2D eigenvalue weighted by atomic mass is 32.2. The van der Waals surface area contributed by atoms with E-state index in [1.54, 1.807) is 0 Å². The Hall–Kier alpha value is -2.97. The minimum absolute atomic E-state index is 0.331. The van der Waals surface area contributed by atoms with Gasteiger partial charge in [0.05, 0.1) is 11.4 Å². The lowest BCUT2D eigenvalue weighted by atomic mass is 9.90. The maximum Gasteiger partial charge on any atom is 0.0529 e. The number of para-hydroxylation sites is 1. The summed E-state index contributed by atoms with van der Waals surface area (Å²) in [7, 11) is 0. The number of fused-ring (bicyclic) bond motifs is 2. The fraction of sp³-hybridized carbons (Fsp3) is 0.0769. The molecule has 1 heterocycles. The van der Waals surface area contributed by atoms with Crippen LogP contribution in [0.1, 0.15) is 24.0 Å². The maximum absolute atomic E-state index is 3.60.